The maximum Gasteiger partial charge on any atom is 0.410 e. The molecule has 1 atom stereocenters. The van der Waals surface area contributed by atoms with Gasteiger partial charge in [0, 0.05) is 19.0 Å². The van der Waals surface area contributed by atoms with Crippen molar-refractivity contribution in [1.29, 1.82) is 0 Å². The van der Waals surface area contributed by atoms with Gasteiger partial charge in [-0.2, -0.15) is 0 Å². The fourth-order valence-corrected chi connectivity index (χ4v) is 2.94. The third-order valence-corrected chi connectivity index (χ3v) is 4.09. The Balaban J connectivity index is 1.85. The summed E-state index contributed by atoms with van der Waals surface area (Å²) in [6, 6.07) is 0. The third kappa shape index (κ3) is 2.68. The standard InChI is InChI=1S/C14H23NO3/c1-10(16)11-9-14(11)5-7-15(8-6-14)12(17)18-13(2,3)4/h11H,5-9H2,1-4H3. The molecule has 0 aromatic heterocycles. The van der Waals surface area contributed by atoms with Crippen LogP contribution in [-0.2, 0) is 9.53 Å². The van der Waals surface area contributed by atoms with Gasteiger partial charge in [0.1, 0.15) is 11.4 Å². The summed E-state index contributed by atoms with van der Waals surface area (Å²) < 4.78 is 5.36. The van der Waals surface area contributed by atoms with E-state index >= 15 is 0 Å². The summed E-state index contributed by atoms with van der Waals surface area (Å²) in [6.07, 6.45) is 2.68. The molecule has 1 aliphatic carbocycles. The van der Waals surface area contributed by atoms with Gasteiger partial charge in [0.05, 0.1) is 0 Å². The first-order valence-electron chi connectivity index (χ1n) is 6.72. The zero-order valence-corrected chi connectivity index (χ0v) is 11.8. The molecule has 18 heavy (non-hydrogen) atoms. The lowest BCUT2D eigenvalue weighted by Gasteiger charge is -2.34. The van der Waals surface area contributed by atoms with E-state index in [1.807, 2.05) is 20.8 Å². The highest BCUT2D eigenvalue weighted by Gasteiger charge is 2.57. The van der Waals surface area contributed by atoms with Gasteiger partial charge in [-0.3, -0.25) is 4.79 Å². The third-order valence-electron chi connectivity index (χ3n) is 4.09. The number of ketones is 1. The van der Waals surface area contributed by atoms with Crippen LogP contribution in [-0.4, -0.2) is 35.5 Å². The number of rotatable bonds is 1. The highest BCUT2D eigenvalue weighted by Crippen LogP contribution is 2.59. The van der Waals surface area contributed by atoms with E-state index < -0.39 is 5.60 Å². The van der Waals surface area contributed by atoms with Gasteiger partial charge in [0.15, 0.2) is 0 Å². The van der Waals surface area contributed by atoms with Gasteiger partial charge < -0.3 is 9.64 Å². The first-order chi connectivity index (χ1) is 8.23. The molecule has 1 unspecified atom stereocenters. The molecule has 2 aliphatic rings. The van der Waals surface area contributed by atoms with E-state index in [0.29, 0.717) is 5.78 Å². The highest BCUT2D eigenvalue weighted by molar-refractivity contribution is 5.82. The summed E-state index contributed by atoms with van der Waals surface area (Å²) >= 11 is 0. The van der Waals surface area contributed by atoms with Crippen molar-refractivity contribution in [2.24, 2.45) is 11.3 Å². The molecular formula is C14H23NO3. The summed E-state index contributed by atoms with van der Waals surface area (Å²) in [4.78, 5) is 25.0. The summed E-state index contributed by atoms with van der Waals surface area (Å²) in [7, 11) is 0. The number of carbonyl (C=O) groups is 2. The highest BCUT2D eigenvalue weighted by atomic mass is 16.6. The first-order valence-corrected chi connectivity index (χ1v) is 6.72. The van der Waals surface area contributed by atoms with Crippen LogP contribution in [0, 0.1) is 11.3 Å². The molecule has 2 rings (SSSR count). The molecule has 1 saturated carbocycles. The van der Waals surface area contributed by atoms with Crippen LogP contribution in [0.15, 0.2) is 0 Å². The number of Topliss-reactive ketones (excluding diaryl/α,β-unsaturated/α-hetero) is 1. The van der Waals surface area contributed by atoms with Crippen molar-refractivity contribution in [3.63, 3.8) is 0 Å². The van der Waals surface area contributed by atoms with Crippen molar-refractivity contribution >= 4 is 11.9 Å². The Morgan fingerprint density at radius 2 is 1.78 bits per heavy atom. The van der Waals surface area contributed by atoms with Gasteiger partial charge in [-0.25, -0.2) is 4.79 Å². The zero-order chi connectivity index (χ0) is 13.6. The Morgan fingerprint density at radius 3 is 2.17 bits per heavy atom. The van der Waals surface area contributed by atoms with E-state index in [2.05, 4.69) is 0 Å². The summed E-state index contributed by atoms with van der Waals surface area (Å²) in [5.74, 6) is 0.555. The minimum absolute atomic E-state index is 0.213. The lowest BCUT2D eigenvalue weighted by molar-refractivity contribution is -0.119. The van der Waals surface area contributed by atoms with E-state index in [1.54, 1.807) is 11.8 Å². The van der Waals surface area contributed by atoms with E-state index in [4.69, 9.17) is 4.74 Å². The van der Waals surface area contributed by atoms with Gasteiger partial charge in [-0.05, 0) is 52.4 Å². The second kappa shape index (κ2) is 4.25. The van der Waals surface area contributed by atoms with Crippen molar-refractivity contribution in [1.82, 2.24) is 4.90 Å². The normalized spacial score (nSPS) is 26.0. The Hall–Kier alpha value is -1.06. The Kier molecular flexibility index (Phi) is 3.16. The molecule has 0 aromatic carbocycles. The minimum atomic E-state index is -0.437. The SMILES string of the molecule is CC(=O)C1CC12CCN(C(=O)OC(C)(C)C)CC2. The van der Waals surface area contributed by atoms with E-state index in [9.17, 15) is 9.59 Å². The van der Waals surface area contributed by atoms with E-state index in [-0.39, 0.29) is 17.4 Å². The maximum absolute atomic E-state index is 11.9. The second-order valence-electron chi connectivity index (χ2n) is 6.70. The average Bonchev–Trinajstić information content (AvgIpc) is 2.91. The van der Waals surface area contributed by atoms with Crippen molar-refractivity contribution in [3.8, 4) is 0 Å². The lowest BCUT2D eigenvalue weighted by atomic mass is 9.90. The Bertz CT molecular complexity index is 362. The van der Waals surface area contributed by atoms with Gasteiger partial charge in [0.2, 0.25) is 0 Å². The number of piperidine rings is 1. The van der Waals surface area contributed by atoms with Crippen LogP contribution in [0.1, 0.15) is 47.0 Å². The summed E-state index contributed by atoms with van der Waals surface area (Å²) in [6.45, 7) is 8.76. The van der Waals surface area contributed by atoms with Crippen molar-refractivity contribution in [2.45, 2.75) is 52.6 Å². The molecule has 0 bridgehead atoms. The Morgan fingerprint density at radius 1 is 1.22 bits per heavy atom. The molecule has 0 radical (unpaired) electrons. The fourth-order valence-electron chi connectivity index (χ4n) is 2.94. The molecule has 0 N–H and O–H groups in total. The zero-order valence-electron chi connectivity index (χ0n) is 11.8. The molecular weight excluding hydrogens is 230 g/mol. The number of amides is 1. The molecule has 1 heterocycles. The molecule has 1 spiro atoms. The molecule has 1 saturated heterocycles. The molecule has 4 nitrogen and oxygen atoms in total. The number of hydrogen-bond acceptors (Lipinski definition) is 3. The maximum atomic E-state index is 11.9. The Labute approximate surface area is 109 Å². The van der Waals surface area contributed by atoms with Crippen LogP contribution in [0.5, 0.6) is 0 Å². The molecule has 1 aliphatic heterocycles. The van der Waals surface area contributed by atoms with Crippen LogP contribution in [0.2, 0.25) is 0 Å². The second-order valence-corrected chi connectivity index (χ2v) is 6.70. The quantitative estimate of drug-likeness (QED) is 0.721. The number of nitrogens with zero attached hydrogens (tertiary/aromatic N) is 1. The van der Waals surface area contributed by atoms with Crippen LogP contribution in [0.3, 0.4) is 0 Å². The lowest BCUT2D eigenvalue weighted by Crippen LogP contribution is -2.42. The van der Waals surface area contributed by atoms with E-state index in [1.165, 1.54) is 0 Å². The molecule has 1 amide bonds. The smallest absolute Gasteiger partial charge is 0.410 e. The predicted octanol–water partition coefficient (Wildman–Crippen LogP) is 2.61. The largest absolute Gasteiger partial charge is 0.444 e. The van der Waals surface area contributed by atoms with Crippen LogP contribution >= 0.6 is 0 Å². The van der Waals surface area contributed by atoms with Crippen molar-refractivity contribution in [3.05, 3.63) is 0 Å². The van der Waals surface area contributed by atoms with Gasteiger partial charge >= 0.3 is 6.09 Å². The number of hydrogen-bond donors (Lipinski definition) is 0. The van der Waals surface area contributed by atoms with Gasteiger partial charge in [0.25, 0.3) is 0 Å². The predicted molar refractivity (Wildman–Crippen MR) is 68.3 cm³/mol. The molecule has 102 valence electrons. The summed E-state index contributed by atoms with van der Waals surface area (Å²) in [5.41, 5.74) is -0.224. The molecule has 0 aromatic rings. The summed E-state index contributed by atoms with van der Waals surface area (Å²) in [5, 5.41) is 0. The number of carbonyl (C=O) groups excluding carboxylic acids is 2. The topological polar surface area (TPSA) is 46.6 Å². The number of likely N-dealkylation sites (tertiary alicyclic amines) is 1. The molecule has 2 fully saturated rings. The fraction of sp³-hybridized carbons (Fsp3) is 0.857. The van der Waals surface area contributed by atoms with Crippen LogP contribution in [0.4, 0.5) is 4.79 Å². The van der Waals surface area contributed by atoms with Gasteiger partial charge in [-0.1, -0.05) is 0 Å². The van der Waals surface area contributed by atoms with Crippen molar-refractivity contribution < 1.29 is 14.3 Å². The van der Waals surface area contributed by atoms with Crippen LogP contribution in [0.25, 0.3) is 0 Å². The van der Waals surface area contributed by atoms with E-state index in [0.717, 1.165) is 32.4 Å². The van der Waals surface area contributed by atoms with Crippen molar-refractivity contribution in [2.75, 3.05) is 13.1 Å². The first kappa shape index (κ1) is 13.4. The number of ether oxygens (including phenoxy) is 1. The average molecular weight is 253 g/mol. The van der Waals surface area contributed by atoms with Gasteiger partial charge in [-0.15, -0.1) is 0 Å². The monoisotopic (exact) mass is 253 g/mol. The minimum Gasteiger partial charge on any atom is -0.444 e. The molecule has 4 heteroatoms. The van der Waals surface area contributed by atoms with Crippen LogP contribution < -0.4 is 0 Å².